The quantitative estimate of drug-likeness (QED) is 0.573. The van der Waals surface area contributed by atoms with Crippen molar-refractivity contribution in [1.29, 1.82) is 0 Å². The molecule has 0 aromatic heterocycles. The maximum Gasteiger partial charge on any atom is 0.157 e. The van der Waals surface area contributed by atoms with Crippen LogP contribution in [-0.4, -0.2) is 64.4 Å². The number of ether oxygens (including phenoxy) is 6. The van der Waals surface area contributed by atoms with Crippen molar-refractivity contribution in [2.75, 3.05) is 39.6 Å². The second-order valence-corrected chi connectivity index (χ2v) is 6.38. The first-order valence-electron chi connectivity index (χ1n) is 9.11. The molecule has 0 bridgehead atoms. The summed E-state index contributed by atoms with van der Waals surface area (Å²) in [6.45, 7) is 4.04. The molecule has 1 aliphatic carbocycles. The van der Waals surface area contributed by atoms with Gasteiger partial charge in [-0.2, -0.15) is 0 Å². The minimum atomic E-state index is -0.0239. The standard InChI is InChI=1S/C17H30O6/c1-4-14(18-10-12-22-16-6-2-8-20-16)15(5-1)19-11-13-23-17-7-3-9-21-17/h14-17H,1-13H2. The van der Waals surface area contributed by atoms with E-state index in [2.05, 4.69) is 0 Å². The van der Waals surface area contributed by atoms with E-state index in [4.69, 9.17) is 28.4 Å². The lowest BCUT2D eigenvalue weighted by molar-refractivity contribution is -0.144. The zero-order valence-electron chi connectivity index (χ0n) is 14.0. The highest BCUT2D eigenvalue weighted by molar-refractivity contribution is 4.79. The van der Waals surface area contributed by atoms with Crippen LogP contribution in [-0.2, 0) is 28.4 Å². The predicted molar refractivity (Wildman–Crippen MR) is 83.2 cm³/mol. The van der Waals surface area contributed by atoms with Crippen molar-refractivity contribution in [3.8, 4) is 0 Å². The highest BCUT2D eigenvalue weighted by Crippen LogP contribution is 2.25. The molecule has 3 aliphatic rings. The molecule has 0 radical (unpaired) electrons. The third-order valence-electron chi connectivity index (χ3n) is 4.61. The molecule has 4 unspecified atom stereocenters. The van der Waals surface area contributed by atoms with Gasteiger partial charge >= 0.3 is 0 Å². The van der Waals surface area contributed by atoms with Crippen molar-refractivity contribution >= 4 is 0 Å². The van der Waals surface area contributed by atoms with Crippen LogP contribution in [0.2, 0.25) is 0 Å². The molecular weight excluding hydrogens is 300 g/mol. The number of hydrogen-bond acceptors (Lipinski definition) is 6. The lowest BCUT2D eigenvalue weighted by Gasteiger charge is -2.21. The lowest BCUT2D eigenvalue weighted by atomic mass is 10.2. The van der Waals surface area contributed by atoms with Crippen LogP contribution in [0, 0.1) is 0 Å². The maximum absolute atomic E-state index is 5.93. The van der Waals surface area contributed by atoms with E-state index in [9.17, 15) is 0 Å². The van der Waals surface area contributed by atoms with E-state index < -0.39 is 0 Å². The second kappa shape index (κ2) is 9.91. The Bertz CT molecular complexity index is 284. The molecule has 2 aliphatic heterocycles. The average Bonchev–Trinajstić information content (AvgIpc) is 3.31. The Morgan fingerprint density at radius 1 is 0.565 bits per heavy atom. The molecular formula is C17H30O6. The summed E-state index contributed by atoms with van der Waals surface area (Å²) in [7, 11) is 0. The van der Waals surface area contributed by atoms with Crippen LogP contribution in [0.25, 0.3) is 0 Å². The summed E-state index contributed by atoms with van der Waals surface area (Å²) in [5.74, 6) is 0. The van der Waals surface area contributed by atoms with E-state index >= 15 is 0 Å². The van der Waals surface area contributed by atoms with Gasteiger partial charge < -0.3 is 28.4 Å². The zero-order chi connectivity index (χ0) is 15.7. The van der Waals surface area contributed by atoms with Crippen molar-refractivity contribution in [2.24, 2.45) is 0 Å². The Labute approximate surface area is 138 Å². The fourth-order valence-corrected chi connectivity index (χ4v) is 3.39. The van der Waals surface area contributed by atoms with Crippen molar-refractivity contribution in [1.82, 2.24) is 0 Å². The fourth-order valence-electron chi connectivity index (χ4n) is 3.39. The van der Waals surface area contributed by atoms with Gasteiger partial charge in [-0.3, -0.25) is 0 Å². The summed E-state index contributed by atoms with van der Waals surface area (Å²) in [6, 6.07) is 0. The SMILES string of the molecule is C1COC(OCCOC2CCCC2OCCOC2CCCO2)C1. The first-order valence-corrected chi connectivity index (χ1v) is 9.11. The van der Waals surface area contributed by atoms with Crippen molar-refractivity contribution < 1.29 is 28.4 Å². The minimum Gasteiger partial charge on any atom is -0.373 e. The Balaban J connectivity index is 1.22. The Morgan fingerprint density at radius 2 is 1.04 bits per heavy atom. The molecule has 3 rings (SSSR count). The molecule has 1 saturated carbocycles. The lowest BCUT2D eigenvalue weighted by Crippen LogP contribution is -2.29. The molecule has 0 aromatic carbocycles. The molecule has 3 fully saturated rings. The van der Waals surface area contributed by atoms with E-state index in [0.717, 1.165) is 58.2 Å². The second-order valence-electron chi connectivity index (χ2n) is 6.38. The average molecular weight is 330 g/mol. The fraction of sp³-hybridized carbons (Fsp3) is 1.00. The van der Waals surface area contributed by atoms with Crippen LogP contribution >= 0.6 is 0 Å². The zero-order valence-corrected chi connectivity index (χ0v) is 14.0. The summed E-state index contributed by atoms with van der Waals surface area (Å²) in [4.78, 5) is 0. The monoisotopic (exact) mass is 330 g/mol. The summed E-state index contributed by atoms with van der Waals surface area (Å²) < 4.78 is 34.0. The number of rotatable bonds is 10. The summed E-state index contributed by atoms with van der Waals surface area (Å²) in [6.07, 6.45) is 7.81. The molecule has 0 amide bonds. The topological polar surface area (TPSA) is 55.4 Å². The van der Waals surface area contributed by atoms with Gasteiger partial charge in [0.05, 0.1) is 38.6 Å². The first-order chi connectivity index (χ1) is 11.4. The maximum atomic E-state index is 5.93. The van der Waals surface area contributed by atoms with Crippen LogP contribution in [0.15, 0.2) is 0 Å². The van der Waals surface area contributed by atoms with Crippen LogP contribution in [0.3, 0.4) is 0 Å². The molecule has 4 atom stereocenters. The van der Waals surface area contributed by atoms with Crippen molar-refractivity contribution in [3.05, 3.63) is 0 Å². The van der Waals surface area contributed by atoms with E-state index in [1.807, 2.05) is 0 Å². The van der Waals surface area contributed by atoms with E-state index in [-0.39, 0.29) is 24.8 Å². The normalized spacial score (nSPS) is 34.4. The van der Waals surface area contributed by atoms with Gasteiger partial charge in [-0.25, -0.2) is 0 Å². The van der Waals surface area contributed by atoms with E-state index in [1.54, 1.807) is 0 Å². The van der Waals surface area contributed by atoms with Gasteiger partial charge in [0, 0.05) is 26.1 Å². The third kappa shape index (κ3) is 5.96. The van der Waals surface area contributed by atoms with E-state index in [1.165, 1.54) is 0 Å². The molecule has 6 heteroatoms. The summed E-state index contributed by atoms with van der Waals surface area (Å²) >= 11 is 0. The van der Waals surface area contributed by atoms with Gasteiger partial charge in [-0.15, -0.1) is 0 Å². The molecule has 2 saturated heterocycles. The van der Waals surface area contributed by atoms with Crippen LogP contribution < -0.4 is 0 Å². The third-order valence-corrected chi connectivity index (χ3v) is 4.61. The molecule has 23 heavy (non-hydrogen) atoms. The molecule has 0 spiro atoms. The van der Waals surface area contributed by atoms with Crippen molar-refractivity contribution in [2.45, 2.75) is 69.7 Å². The minimum absolute atomic E-state index is 0.0239. The highest BCUT2D eigenvalue weighted by Gasteiger charge is 2.29. The first kappa shape index (κ1) is 17.6. The Hall–Kier alpha value is -0.240. The summed E-state index contributed by atoms with van der Waals surface area (Å²) in [5, 5.41) is 0. The van der Waals surface area contributed by atoms with E-state index in [0.29, 0.717) is 26.4 Å². The number of hydrogen-bond donors (Lipinski definition) is 0. The van der Waals surface area contributed by atoms with Gasteiger partial charge in [-0.05, 0) is 32.1 Å². The van der Waals surface area contributed by atoms with Gasteiger partial charge in [0.2, 0.25) is 0 Å². The molecule has 2 heterocycles. The molecule has 134 valence electrons. The smallest absolute Gasteiger partial charge is 0.157 e. The molecule has 6 nitrogen and oxygen atoms in total. The van der Waals surface area contributed by atoms with Crippen LogP contribution in [0.5, 0.6) is 0 Å². The highest BCUT2D eigenvalue weighted by atomic mass is 16.7. The van der Waals surface area contributed by atoms with Gasteiger partial charge in [0.15, 0.2) is 12.6 Å². The largest absolute Gasteiger partial charge is 0.373 e. The predicted octanol–water partition coefficient (Wildman–Crippen LogP) is 2.25. The van der Waals surface area contributed by atoms with Crippen LogP contribution in [0.4, 0.5) is 0 Å². The van der Waals surface area contributed by atoms with Gasteiger partial charge in [0.1, 0.15) is 0 Å². The van der Waals surface area contributed by atoms with Gasteiger partial charge in [0.25, 0.3) is 0 Å². The van der Waals surface area contributed by atoms with Gasteiger partial charge in [-0.1, -0.05) is 0 Å². The molecule has 0 N–H and O–H groups in total. The summed E-state index contributed by atoms with van der Waals surface area (Å²) in [5.41, 5.74) is 0. The Kier molecular flexibility index (Phi) is 7.58. The van der Waals surface area contributed by atoms with Crippen molar-refractivity contribution in [3.63, 3.8) is 0 Å². The Morgan fingerprint density at radius 3 is 1.48 bits per heavy atom. The molecule has 0 aromatic rings. The van der Waals surface area contributed by atoms with Crippen LogP contribution in [0.1, 0.15) is 44.9 Å².